The number of rotatable bonds is 6. The van der Waals surface area contributed by atoms with Gasteiger partial charge in [0.05, 0.1) is 12.2 Å². The van der Waals surface area contributed by atoms with Gasteiger partial charge in [-0.25, -0.2) is 0 Å². The van der Waals surface area contributed by atoms with Crippen molar-refractivity contribution < 1.29 is 4.74 Å². The van der Waals surface area contributed by atoms with Crippen LogP contribution in [0, 0.1) is 0 Å². The van der Waals surface area contributed by atoms with E-state index in [1.165, 1.54) is 0 Å². The smallest absolute Gasteiger partial charge is 0.322 e. The summed E-state index contributed by atoms with van der Waals surface area (Å²) in [6, 6.07) is 8.17. The van der Waals surface area contributed by atoms with Crippen LogP contribution >= 0.6 is 11.6 Å². The molecule has 8 heteroatoms. The van der Waals surface area contributed by atoms with Crippen molar-refractivity contribution in [2.75, 3.05) is 18.4 Å². The number of hydrogen-bond donors (Lipinski definition) is 2. The SMILES string of the molecule is CC(C)c1cnn2c(NC(C)c3cccc(Cl)c3)nc(OC3CCCNC3)nc12. The highest BCUT2D eigenvalue weighted by Crippen LogP contribution is 2.26. The average molecular weight is 415 g/mol. The number of piperidine rings is 1. The number of ether oxygens (including phenoxy) is 1. The van der Waals surface area contributed by atoms with Gasteiger partial charge in [-0.05, 0) is 49.9 Å². The van der Waals surface area contributed by atoms with Crippen molar-refractivity contribution in [3.63, 3.8) is 0 Å². The average Bonchev–Trinajstić information content (AvgIpc) is 3.13. The molecule has 1 aliphatic heterocycles. The Morgan fingerprint density at radius 1 is 1.28 bits per heavy atom. The second kappa shape index (κ2) is 8.55. The fourth-order valence-corrected chi connectivity index (χ4v) is 3.75. The lowest BCUT2D eigenvalue weighted by Crippen LogP contribution is -2.37. The maximum Gasteiger partial charge on any atom is 0.322 e. The Balaban J connectivity index is 1.68. The summed E-state index contributed by atoms with van der Waals surface area (Å²) in [4.78, 5) is 9.33. The monoisotopic (exact) mass is 414 g/mol. The maximum atomic E-state index is 6.16. The van der Waals surface area contributed by atoms with Crippen molar-refractivity contribution in [1.82, 2.24) is 24.9 Å². The molecule has 1 saturated heterocycles. The number of aromatic nitrogens is 4. The number of benzene rings is 1. The van der Waals surface area contributed by atoms with Gasteiger partial charge in [0.1, 0.15) is 6.10 Å². The highest BCUT2D eigenvalue weighted by molar-refractivity contribution is 6.30. The first-order valence-electron chi connectivity index (χ1n) is 10.2. The number of halogens is 1. The quantitative estimate of drug-likeness (QED) is 0.629. The second-order valence-corrected chi connectivity index (χ2v) is 8.26. The van der Waals surface area contributed by atoms with Gasteiger partial charge in [0.15, 0.2) is 5.65 Å². The largest absolute Gasteiger partial charge is 0.459 e. The molecule has 3 aromatic rings. The fourth-order valence-electron chi connectivity index (χ4n) is 3.55. The van der Waals surface area contributed by atoms with Crippen LogP contribution in [0.4, 0.5) is 5.95 Å². The van der Waals surface area contributed by atoms with Crippen molar-refractivity contribution in [3.8, 4) is 6.01 Å². The van der Waals surface area contributed by atoms with Crippen LogP contribution in [0.25, 0.3) is 5.65 Å². The zero-order valence-electron chi connectivity index (χ0n) is 17.0. The molecular formula is C21H27ClN6O. The molecule has 0 amide bonds. The Kier molecular flexibility index (Phi) is 5.87. The van der Waals surface area contributed by atoms with Crippen LogP contribution in [0.3, 0.4) is 0 Å². The standard InChI is InChI=1S/C21H27ClN6O/c1-13(2)18-12-24-28-19(18)26-21(29-17-8-5-9-23-11-17)27-20(28)25-14(3)15-6-4-7-16(22)10-15/h4,6-7,10,12-14,17,23H,5,8-9,11H2,1-3H3,(H,25,26,27). The Hall–Kier alpha value is -2.38. The lowest BCUT2D eigenvalue weighted by Gasteiger charge is -2.23. The summed E-state index contributed by atoms with van der Waals surface area (Å²) in [7, 11) is 0. The zero-order valence-corrected chi connectivity index (χ0v) is 17.8. The molecule has 1 aromatic carbocycles. The van der Waals surface area contributed by atoms with Crippen LogP contribution in [0.1, 0.15) is 56.7 Å². The van der Waals surface area contributed by atoms with Crippen LogP contribution in [0.5, 0.6) is 6.01 Å². The third-order valence-corrected chi connectivity index (χ3v) is 5.45. The van der Waals surface area contributed by atoms with E-state index in [-0.39, 0.29) is 12.1 Å². The molecule has 4 rings (SSSR count). The van der Waals surface area contributed by atoms with Gasteiger partial charge in [-0.1, -0.05) is 37.6 Å². The molecule has 2 N–H and O–H groups in total. The summed E-state index contributed by atoms with van der Waals surface area (Å²) < 4.78 is 7.88. The minimum atomic E-state index is -0.0114. The van der Waals surface area contributed by atoms with Crippen LogP contribution < -0.4 is 15.4 Å². The summed E-state index contributed by atoms with van der Waals surface area (Å²) in [5.41, 5.74) is 2.91. The summed E-state index contributed by atoms with van der Waals surface area (Å²) in [6.45, 7) is 8.17. The Morgan fingerprint density at radius 3 is 2.86 bits per heavy atom. The van der Waals surface area contributed by atoms with Crippen LogP contribution in [0.2, 0.25) is 5.02 Å². The lowest BCUT2D eigenvalue weighted by molar-refractivity contribution is 0.153. The number of nitrogens with one attached hydrogen (secondary N) is 2. The van der Waals surface area contributed by atoms with Gasteiger partial charge >= 0.3 is 6.01 Å². The Morgan fingerprint density at radius 2 is 2.14 bits per heavy atom. The molecule has 7 nitrogen and oxygen atoms in total. The van der Waals surface area contributed by atoms with E-state index < -0.39 is 0 Å². The molecule has 154 valence electrons. The maximum absolute atomic E-state index is 6.16. The zero-order chi connectivity index (χ0) is 20.4. The number of nitrogens with zero attached hydrogens (tertiary/aromatic N) is 4. The molecule has 2 atom stereocenters. The van der Waals surface area contributed by atoms with Crippen molar-refractivity contribution in [2.24, 2.45) is 0 Å². The van der Waals surface area contributed by atoms with E-state index in [0.717, 1.165) is 42.7 Å². The lowest BCUT2D eigenvalue weighted by atomic mass is 10.1. The first kappa shape index (κ1) is 19.9. The molecule has 0 bridgehead atoms. The van der Waals surface area contributed by atoms with E-state index in [0.29, 0.717) is 22.9 Å². The van der Waals surface area contributed by atoms with Crippen LogP contribution in [-0.4, -0.2) is 38.8 Å². The van der Waals surface area contributed by atoms with E-state index in [1.807, 2.05) is 30.5 Å². The Labute approximate surface area is 175 Å². The van der Waals surface area contributed by atoms with Gasteiger partial charge in [0.25, 0.3) is 0 Å². The summed E-state index contributed by atoms with van der Waals surface area (Å²) in [5, 5.41) is 12.1. The van der Waals surface area contributed by atoms with E-state index in [9.17, 15) is 0 Å². The molecule has 0 spiro atoms. The highest BCUT2D eigenvalue weighted by atomic mass is 35.5. The predicted octanol–water partition coefficient (Wildman–Crippen LogP) is 4.21. The fraction of sp³-hybridized carbons (Fsp3) is 0.476. The number of anilines is 1. The second-order valence-electron chi connectivity index (χ2n) is 7.83. The van der Waals surface area contributed by atoms with Crippen molar-refractivity contribution in [1.29, 1.82) is 0 Å². The molecular weight excluding hydrogens is 388 g/mol. The number of hydrogen-bond acceptors (Lipinski definition) is 6. The molecule has 0 aliphatic carbocycles. The van der Waals surface area contributed by atoms with E-state index in [2.05, 4.69) is 46.5 Å². The predicted molar refractivity (Wildman–Crippen MR) is 115 cm³/mol. The molecule has 1 aliphatic rings. The van der Waals surface area contributed by atoms with Crippen molar-refractivity contribution in [3.05, 3.63) is 46.6 Å². The molecule has 1 fully saturated rings. The van der Waals surface area contributed by atoms with Gasteiger partial charge in [-0.3, -0.25) is 0 Å². The molecule has 2 unspecified atom stereocenters. The number of fused-ring (bicyclic) bond motifs is 1. The van der Waals surface area contributed by atoms with Gasteiger partial charge in [0, 0.05) is 17.1 Å². The van der Waals surface area contributed by atoms with Crippen LogP contribution in [-0.2, 0) is 0 Å². The van der Waals surface area contributed by atoms with Gasteiger partial charge in [-0.15, -0.1) is 0 Å². The molecule has 0 radical (unpaired) electrons. The Bertz CT molecular complexity index is 982. The third kappa shape index (κ3) is 4.46. The summed E-state index contributed by atoms with van der Waals surface area (Å²) in [6.07, 6.45) is 4.03. The molecule has 0 saturated carbocycles. The van der Waals surface area contributed by atoms with E-state index in [4.69, 9.17) is 16.3 Å². The minimum absolute atomic E-state index is 0.0114. The normalized spacial score (nSPS) is 18.2. The van der Waals surface area contributed by atoms with E-state index >= 15 is 0 Å². The molecule has 29 heavy (non-hydrogen) atoms. The van der Waals surface area contributed by atoms with Crippen molar-refractivity contribution >= 4 is 23.2 Å². The first-order chi connectivity index (χ1) is 14.0. The molecule has 2 aromatic heterocycles. The van der Waals surface area contributed by atoms with E-state index in [1.54, 1.807) is 4.52 Å². The topological polar surface area (TPSA) is 76.4 Å². The van der Waals surface area contributed by atoms with Gasteiger partial charge < -0.3 is 15.4 Å². The minimum Gasteiger partial charge on any atom is -0.459 e. The summed E-state index contributed by atoms with van der Waals surface area (Å²) in [5.74, 6) is 0.901. The van der Waals surface area contributed by atoms with Crippen LogP contribution in [0.15, 0.2) is 30.5 Å². The van der Waals surface area contributed by atoms with Gasteiger partial charge in [0.2, 0.25) is 5.95 Å². The summed E-state index contributed by atoms with van der Waals surface area (Å²) >= 11 is 6.16. The molecule has 3 heterocycles. The third-order valence-electron chi connectivity index (χ3n) is 5.21. The highest BCUT2D eigenvalue weighted by Gasteiger charge is 2.21. The first-order valence-corrected chi connectivity index (χ1v) is 10.5. The van der Waals surface area contributed by atoms with Crippen molar-refractivity contribution in [2.45, 2.75) is 51.7 Å². The van der Waals surface area contributed by atoms with Gasteiger partial charge in [-0.2, -0.15) is 19.6 Å².